The van der Waals surface area contributed by atoms with Crippen molar-refractivity contribution in [1.82, 2.24) is 0 Å². The number of halogens is 1. The molecule has 8 heteroatoms. The number of carbonyl (C=O) groups excluding carboxylic acids is 2. The van der Waals surface area contributed by atoms with E-state index in [1.54, 1.807) is 24.3 Å². The minimum Gasteiger partial charge on any atom is -0.483 e. The largest absolute Gasteiger partial charge is 0.483 e. The van der Waals surface area contributed by atoms with E-state index in [0.717, 1.165) is 23.6 Å². The summed E-state index contributed by atoms with van der Waals surface area (Å²) in [5.41, 5.74) is -0.389. The molecule has 0 unspecified atom stereocenters. The molecule has 136 valence electrons. The lowest BCUT2D eigenvalue weighted by atomic mass is 10.0. The number of non-ortho nitro benzene ring substituents is 1. The Morgan fingerprint density at radius 3 is 2.70 bits per heavy atom. The number of ether oxygens (including phenoxy) is 1. The summed E-state index contributed by atoms with van der Waals surface area (Å²) in [5.74, 6) is -1.33. The quantitative estimate of drug-likeness (QED) is 0.406. The molecule has 3 aromatic rings. The Kier molecular flexibility index (Phi) is 5.07. The van der Waals surface area contributed by atoms with E-state index in [1.807, 2.05) is 12.1 Å². The summed E-state index contributed by atoms with van der Waals surface area (Å²) in [5, 5.41) is 14.5. The standard InChI is InChI=1S/C19H13FN2O5/c20-16-7-6-13(22(25)26)9-17(16)21-19(24)11-27-18-8-5-12-3-1-2-4-14(12)15(18)10-23/h1-10H,11H2,(H,21,24). The normalized spacial score (nSPS) is 10.4. The SMILES string of the molecule is O=Cc1c(OCC(=O)Nc2cc([N+](=O)[O-])ccc2F)ccc2ccccc12. The van der Waals surface area contributed by atoms with Crippen molar-refractivity contribution >= 4 is 34.3 Å². The molecule has 3 aromatic carbocycles. The topological polar surface area (TPSA) is 98.5 Å². The van der Waals surface area contributed by atoms with Crippen LogP contribution in [0.1, 0.15) is 10.4 Å². The number of nitro groups is 1. The van der Waals surface area contributed by atoms with Gasteiger partial charge in [-0.05, 0) is 22.9 Å². The Morgan fingerprint density at radius 2 is 1.96 bits per heavy atom. The van der Waals surface area contributed by atoms with Crippen molar-refractivity contribution in [2.24, 2.45) is 0 Å². The minimum absolute atomic E-state index is 0.207. The number of carbonyl (C=O) groups is 2. The lowest BCUT2D eigenvalue weighted by Crippen LogP contribution is -2.21. The lowest BCUT2D eigenvalue weighted by Gasteiger charge is -2.11. The van der Waals surface area contributed by atoms with Crippen LogP contribution in [0.2, 0.25) is 0 Å². The first kappa shape index (κ1) is 18.0. The average Bonchev–Trinajstić information content (AvgIpc) is 2.67. The first-order chi connectivity index (χ1) is 13.0. The smallest absolute Gasteiger partial charge is 0.271 e. The van der Waals surface area contributed by atoms with E-state index in [2.05, 4.69) is 5.32 Å². The van der Waals surface area contributed by atoms with Gasteiger partial charge in [0.15, 0.2) is 12.9 Å². The predicted molar refractivity (Wildman–Crippen MR) is 96.5 cm³/mol. The monoisotopic (exact) mass is 368 g/mol. The van der Waals surface area contributed by atoms with Crippen LogP contribution in [-0.4, -0.2) is 23.7 Å². The van der Waals surface area contributed by atoms with E-state index < -0.39 is 23.3 Å². The van der Waals surface area contributed by atoms with E-state index in [4.69, 9.17) is 4.74 Å². The Bertz CT molecular complexity index is 1050. The number of fused-ring (bicyclic) bond motifs is 1. The number of nitrogens with zero attached hydrogens (tertiary/aromatic N) is 1. The lowest BCUT2D eigenvalue weighted by molar-refractivity contribution is -0.384. The summed E-state index contributed by atoms with van der Waals surface area (Å²) < 4.78 is 19.1. The fraction of sp³-hybridized carbons (Fsp3) is 0.0526. The van der Waals surface area contributed by atoms with Crippen molar-refractivity contribution in [1.29, 1.82) is 0 Å². The molecule has 1 N–H and O–H groups in total. The zero-order chi connectivity index (χ0) is 19.4. The zero-order valence-electron chi connectivity index (χ0n) is 13.8. The van der Waals surface area contributed by atoms with Crippen molar-refractivity contribution in [3.63, 3.8) is 0 Å². The average molecular weight is 368 g/mol. The number of amides is 1. The van der Waals surface area contributed by atoms with Crippen molar-refractivity contribution in [3.05, 3.63) is 76.1 Å². The van der Waals surface area contributed by atoms with Crippen LogP contribution in [0.5, 0.6) is 5.75 Å². The van der Waals surface area contributed by atoms with Gasteiger partial charge in [0.05, 0.1) is 16.2 Å². The number of hydrogen-bond acceptors (Lipinski definition) is 5. The number of rotatable bonds is 6. The molecule has 1 amide bonds. The molecular formula is C19H13FN2O5. The first-order valence-corrected chi connectivity index (χ1v) is 7.83. The molecule has 7 nitrogen and oxygen atoms in total. The Hall–Kier alpha value is -3.81. The van der Waals surface area contributed by atoms with Crippen LogP contribution in [0, 0.1) is 15.9 Å². The number of nitrogens with one attached hydrogen (secondary N) is 1. The van der Waals surface area contributed by atoms with Gasteiger partial charge >= 0.3 is 0 Å². The molecular weight excluding hydrogens is 355 g/mol. The predicted octanol–water partition coefficient (Wildman–Crippen LogP) is 3.72. The second-order valence-corrected chi connectivity index (χ2v) is 5.57. The summed E-state index contributed by atoms with van der Waals surface area (Å²) in [7, 11) is 0. The number of anilines is 1. The zero-order valence-corrected chi connectivity index (χ0v) is 13.8. The van der Waals surface area contributed by atoms with Crippen LogP contribution in [-0.2, 0) is 4.79 Å². The van der Waals surface area contributed by atoms with Crippen molar-refractivity contribution in [2.45, 2.75) is 0 Å². The molecule has 0 saturated carbocycles. The summed E-state index contributed by atoms with van der Waals surface area (Å²) >= 11 is 0. The fourth-order valence-corrected chi connectivity index (χ4v) is 2.58. The van der Waals surface area contributed by atoms with Gasteiger partial charge in [-0.25, -0.2) is 4.39 Å². The minimum atomic E-state index is -0.812. The molecule has 0 atom stereocenters. The van der Waals surface area contributed by atoms with Gasteiger partial charge in [-0.15, -0.1) is 0 Å². The number of aldehydes is 1. The Morgan fingerprint density at radius 1 is 1.19 bits per heavy atom. The van der Waals surface area contributed by atoms with Gasteiger partial charge in [0.2, 0.25) is 0 Å². The Balaban J connectivity index is 1.75. The second-order valence-electron chi connectivity index (χ2n) is 5.57. The van der Waals surface area contributed by atoms with E-state index in [0.29, 0.717) is 17.2 Å². The van der Waals surface area contributed by atoms with Gasteiger partial charge in [0.1, 0.15) is 11.6 Å². The van der Waals surface area contributed by atoms with E-state index >= 15 is 0 Å². The van der Waals surface area contributed by atoms with Crippen molar-refractivity contribution in [3.8, 4) is 5.75 Å². The third-order valence-electron chi connectivity index (χ3n) is 3.84. The molecule has 0 aliphatic carbocycles. The van der Waals surface area contributed by atoms with Crippen molar-refractivity contribution < 1.29 is 23.6 Å². The van der Waals surface area contributed by atoms with Gasteiger partial charge in [0, 0.05) is 12.1 Å². The summed E-state index contributed by atoms with van der Waals surface area (Å²) in [4.78, 5) is 33.5. The van der Waals surface area contributed by atoms with E-state index in [-0.39, 0.29) is 17.1 Å². The molecule has 0 radical (unpaired) electrons. The molecule has 0 spiro atoms. The van der Waals surface area contributed by atoms with Gasteiger partial charge < -0.3 is 10.1 Å². The maximum absolute atomic E-state index is 13.7. The molecule has 0 aliphatic rings. The van der Waals surface area contributed by atoms with Crippen LogP contribution < -0.4 is 10.1 Å². The molecule has 0 aliphatic heterocycles. The van der Waals surface area contributed by atoms with Gasteiger partial charge in [-0.1, -0.05) is 30.3 Å². The van der Waals surface area contributed by atoms with Crippen LogP contribution in [0.15, 0.2) is 54.6 Å². The van der Waals surface area contributed by atoms with Crippen LogP contribution in [0.25, 0.3) is 10.8 Å². The summed E-state index contributed by atoms with van der Waals surface area (Å²) in [6.07, 6.45) is 0.635. The highest BCUT2D eigenvalue weighted by Crippen LogP contribution is 2.27. The van der Waals surface area contributed by atoms with Gasteiger partial charge in [0.25, 0.3) is 11.6 Å². The van der Waals surface area contributed by atoms with E-state index in [9.17, 15) is 24.1 Å². The van der Waals surface area contributed by atoms with Crippen LogP contribution in [0.3, 0.4) is 0 Å². The molecule has 0 bridgehead atoms. The van der Waals surface area contributed by atoms with Crippen LogP contribution in [0.4, 0.5) is 15.8 Å². The van der Waals surface area contributed by atoms with Crippen LogP contribution >= 0.6 is 0 Å². The molecule has 0 heterocycles. The second kappa shape index (κ2) is 7.61. The third kappa shape index (κ3) is 3.90. The molecule has 27 heavy (non-hydrogen) atoms. The highest BCUT2D eigenvalue weighted by atomic mass is 19.1. The molecule has 0 saturated heterocycles. The molecule has 3 rings (SSSR count). The fourth-order valence-electron chi connectivity index (χ4n) is 2.58. The van der Waals surface area contributed by atoms with Gasteiger partial charge in [-0.3, -0.25) is 19.7 Å². The first-order valence-electron chi connectivity index (χ1n) is 7.83. The number of hydrogen-bond donors (Lipinski definition) is 1. The maximum Gasteiger partial charge on any atom is 0.271 e. The molecule has 0 aromatic heterocycles. The maximum atomic E-state index is 13.7. The van der Waals surface area contributed by atoms with Crippen molar-refractivity contribution in [2.75, 3.05) is 11.9 Å². The Labute approximate surface area is 152 Å². The third-order valence-corrected chi connectivity index (χ3v) is 3.84. The highest BCUT2D eigenvalue weighted by molar-refractivity contribution is 6.01. The number of benzene rings is 3. The highest BCUT2D eigenvalue weighted by Gasteiger charge is 2.14. The molecule has 0 fully saturated rings. The summed E-state index contributed by atoms with van der Waals surface area (Å²) in [6, 6.07) is 13.3. The number of nitro benzene ring substituents is 1. The van der Waals surface area contributed by atoms with Gasteiger partial charge in [-0.2, -0.15) is 0 Å². The van der Waals surface area contributed by atoms with E-state index in [1.165, 1.54) is 0 Å². The summed E-state index contributed by atoms with van der Waals surface area (Å²) in [6.45, 7) is -0.499.